The van der Waals surface area contributed by atoms with Crippen molar-refractivity contribution in [1.82, 2.24) is 10.6 Å². The Kier molecular flexibility index (Phi) is 2.96. The van der Waals surface area contributed by atoms with E-state index in [2.05, 4.69) is 10.6 Å². The van der Waals surface area contributed by atoms with Gasteiger partial charge < -0.3 is 16.4 Å². The number of amides is 2. The van der Waals surface area contributed by atoms with E-state index in [4.69, 9.17) is 5.73 Å². The number of anilines is 1. The lowest BCUT2D eigenvalue weighted by atomic mass is 10.0. The van der Waals surface area contributed by atoms with Crippen LogP contribution in [0.4, 0.5) is 10.5 Å². The highest BCUT2D eigenvalue weighted by Gasteiger charge is 2.45. The first-order chi connectivity index (χ1) is 8.02. The van der Waals surface area contributed by atoms with Gasteiger partial charge in [-0.25, -0.2) is 4.79 Å². The summed E-state index contributed by atoms with van der Waals surface area (Å²) in [5.41, 5.74) is 7.36. The molecule has 1 aromatic rings. The number of carbonyl (C=O) groups excluding carboxylic acids is 1. The van der Waals surface area contributed by atoms with Crippen molar-refractivity contribution in [1.29, 1.82) is 0 Å². The van der Waals surface area contributed by atoms with Crippen LogP contribution in [0, 0.1) is 0 Å². The van der Waals surface area contributed by atoms with Gasteiger partial charge in [-0.1, -0.05) is 12.1 Å². The molecule has 0 saturated heterocycles. The Labute approximate surface area is 102 Å². The monoisotopic (exact) mass is 233 g/mol. The molecule has 0 atom stereocenters. The van der Waals surface area contributed by atoms with Gasteiger partial charge in [0.25, 0.3) is 0 Å². The van der Waals surface area contributed by atoms with Gasteiger partial charge in [0.15, 0.2) is 0 Å². The molecule has 0 bridgehead atoms. The molecule has 17 heavy (non-hydrogen) atoms. The summed E-state index contributed by atoms with van der Waals surface area (Å²) >= 11 is 0. The highest BCUT2D eigenvalue weighted by atomic mass is 16.2. The van der Waals surface area contributed by atoms with Gasteiger partial charge in [-0.2, -0.15) is 0 Å². The van der Waals surface area contributed by atoms with E-state index in [1.165, 1.54) is 0 Å². The van der Waals surface area contributed by atoms with E-state index in [9.17, 15) is 4.79 Å². The Morgan fingerprint density at radius 2 is 1.88 bits per heavy atom. The summed E-state index contributed by atoms with van der Waals surface area (Å²) in [6.45, 7) is 3.89. The molecule has 1 aliphatic rings. The van der Waals surface area contributed by atoms with Gasteiger partial charge in [-0.15, -0.1) is 0 Å². The topological polar surface area (TPSA) is 67.2 Å². The highest BCUT2D eigenvalue weighted by Crippen LogP contribution is 2.45. The van der Waals surface area contributed by atoms with Crippen molar-refractivity contribution in [2.45, 2.75) is 38.3 Å². The van der Waals surface area contributed by atoms with Crippen molar-refractivity contribution in [3.05, 3.63) is 29.8 Å². The Bertz CT molecular complexity index is 407. The summed E-state index contributed by atoms with van der Waals surface area (Å²) in [7, 11) is 0. The lowest BCUT2D eigenvalue weighted by Gasteiger charge is -2.19. The summed E-state index contributed by atoms with van der Waals surface area (Å²) in [5, 5.41) is 5.89. The number of nitrogens with two attached hydrogens (primary N) is 1. The van der Waals surface area contributed by atoms with Crippen LogP contribution in [0.3, 0.4) is 0 Å². The zero-order valence-corrected chi connectivity index (χ0v) is 10.3. The minimum absolute atomic E-state index is 0.102. The van der Waals surface area contributed by atoms with Crippen molar-refractivity contribution in [2.24, 2.45) is 0 Å². The fraction of sp³-hybridized carbons (Fsp3) is 0.462. The van der Waals surface area contributed by atoms with Gasteiger partial charge in [0.2, 0.25) is 0 Å². The number of nitrogen functional groups attached to an aromatic ring is 1. The maximum Gasteiger partial charge on any atom is 0.315 e. The number of hydrogen-bond donors (Lipinski definition) is 3. The molecule has 0 radical (unpaired) electrons. The molecule has 0 heterocycles. The number of urea groups is 1. The molecule has 1 aliphatic carbocycles. The molecule has 2 amide bonds. The third-order valence-corrected chi connectivity index (χ3v) is 2.99. The second-order valence-corrected chi connectivity index (χ2v) is 4.96. The van der Waals surface area contributed by atoms with Crippen molar-refractivity contribution in [2.75, 3.05) is 5.73 Å². The molecule has 4 nitrogen and oxygen atoms in total. The van der Waals surface area contributed by atoms with Gasteiger partial charge in [0.1, 0.15) is 0 Å². The number of nitrogens with one attached hydrogen (secondary N) is 2. The fourth-order valence-electron chi connectivity index (χ4n) is 1.93. The van der Waals surface area contributed by atoms with Crippen LogP contribution in [0.25, 0.3) is 0 Å². The van der Waals surface area contributed by atoms with Gasteiger partial charge >= 0.3 is 6.03 Å². The van der Waals surface area contributed by atoms with Gasteiger partial charge in [0, 0.05) is 11.7 Å². The van der Waals surface area contributed by atoms with Crippen LogP contribution in [-0.2, 0) is 5.54 Å². The Morgan fingerprint density at radius 3 is 2.35 bits per heavy atom. The Hall–Kier alpha value is -1.71. The molecule has 92 valence electrons. The SMILES string of the molecule is CC(C)NC(=O)NC1(c2ccc(N)cc2)CC1. The van der Waals surface area contributed by atoms with Crippen molar-refractivity contribution >= 4 is 11.7 Å². The number of hydrogen-bond acceptors (Lipinski definition) is 2. The molecular weight excluding hydrogens is 214 g/mol. The zero-order chi connectivity index (χ0) is 12.5. The van der Waals surface area contributed by atoms with Crippen LogP contribution in [-0.4, -0.2) is 12.1 Å². The van der Waals surface area contributed by atoms with Gasteiger partial charge in [0.05, 0.1) is 5.54 Å². The summed E-state index contributed by atoms with van der Waals surface area (Å²) in [4.78, 5) is 11.7. The van der Waals surface area contributed by atoms with E-state index in [1.54, 1.807) is 0 Å². The van der Waals surface area contributed by atoms with Crippen LogP contribution in [0.5, 0.6) is 0 Å². The molecular formula is C13H19N3O. The van der Waals surface area contributed by atoms with Crippen LogP contribution in [0.2, 0.25) is 0 Å². The average Bonchev–Trinajstić information content (AvgIpc) is 2.98. The van der Waals surface area contributed by atoms with Crippen molar-refractivity contribution in [3.8, 4) is 0 Å². The molecule has 0 aliphatic heterocycles. The standard InChI is InChI=1S/C13H19N3O/c1-9(2)15-12(17)16-13(7-8-13)10-3-5-11(14)6-4-10/h3-6,9H,7-8,14H2,1-2H3,(H2,15,16,17). The van der Waals surface area contributed by atoms with Crippen LogP contribution in [0.1, 0.15) is 32.3 Å². The number of carbonyl (C=O) groups is 1. The van der Waals surface area contributed by atoms with Crippen LogP contribution in [0.15, 0.2) is 24.3 Å². The normalized spacial score (nSPS) is 16.6. The Morgan fingerprint density at radius 1 is 1.29 bits per heavy atom. The third kappa shape index (κ3) is 2.70. The fourth-order valence-corrected chi connectivity index (χ4v) is 1.93. The van der Waals surface area contributed by atoms with E-state index in [1.807, 2.05) is 38.1 Å². The van der Waals surface area contributed by atoms with E-state index >= 15 is 0 Å². The molecule has 1 saturated carbocycles. The average molecular weight is 233 g/mol. The zero-order valence-electron chi connectivity index (χ0n) is 10.3. The summed E-state index contributed by atoms with van der Waals surface area (Å²) in [5.74, 6) is 0. The molecule has 0 unspecified atom stereocenters. The van der Waals surface area contributed by atoms with Gasteiger partial charge in [-0.05, 0) is 44.4 Å². The van der Waals surface area contributed by atoms with E-state index < -0.39 is 0 Å². The van der Waals surface area contributed by atoms with Crippen LogP contribution < -0.4 is 16.4 Å². The molecule has 0 aromatic heterocycles. The summed E-state index contributed by atoms with van der Waals surface area (Å²) in [6, 6.07) is 7.76. The third-order valence-electron chi connectivity index (χ3n) is 2.99. The second-order valence-electron chi connectivity index (χ2n) is 4.96. The van der Waals surface area contributed by atoms with E-state index in [0.717, 1.165) is 24.1 Å². The van der Waals surface area contributed by atoms with E-state index in [-0.39, 0.29) is 17.6 Å². The quantitative estimate of drug-likeness (QED) is 0.699. The molecule has 4 heteroatoms. The summed E-state index contributed by atoms with van der Waals surface area (Å²) < 4.78 is 0. The molecule has 1 fully saturated rings. The summed E-state index contributed by atoms with van der Waals surface area (Å²) in [6.07, 6.45) is 1.98. The van der Waals surface area contributed by atoms with Crippen LogP contribution >= 0.6 is 0 Å². The number of rotatable bonds is 3. The minimum Gasteiger partial charge on any atom is -0.399 e. The molecule has 4 N–H and O–H groups in total. The first kappa shape index (κ1) is 11.8. The lowest BCUT2D eigenvalue weighted by Crippen LogP contribution is -2.44. The molecule has 0 spiro atoms. The maximum absolute atomic E-state index is 11.7. The first-order valence-corrected chi connectivity index (χ1v) is 5.96. The Balaban J connectivity index is 2.05. The highest BCUT2D eigenvalue weighted by molar-refractivity contribution is 5.76. The largest absolute Gasteiger partial charge is 0.399 e. The molecule has 2 rings (SSSR count). The lowest BCUT2D eigenvalue weighted by molar-refractivity contribution is 0.233. The van der Waals surface area contributed by atoms with Crippen molar-refractivity contribution in [3.63, 3.8) is 0 Å². The second kappa shape index (κ2) is 4.28. The van der Waals surface area contributed by atoms with E-state index in [0.29, 0.717) is 0 Å². The smallest absolute Gasteiger partial charge is 0.315 e. The van der Waals surface area contributed by atoms with Crippen molar-refractivity contribution < 1.29 is 4.79 Å². The predicted molar refractivity (Wildman–Crippen MR) is 68.6 cm³/mol. The molecule has 1 aromatic carbocycles. The minimum atomic E-state index is -0.174. The first-order valence-electron chi connectivity index (χ1n) is 5.96. The van der Waals surface area contributed by atoms with Gasteiger partial charge in [-0.3, -0.25) is 0 Å². The number of benzene rings is 1. The maximum atomic E-state index is 11.7. The predicted octanol–water partition coefficient (Wildman–Crippen LogP) is 1.97.